The summed E-state index contributed by atoms with van der Waals surface area (Å²) in [5, 5.41) is 4.52. The van der Waals surface area contributed by atoms with Crippen molar-refractivity contribution < 1.29 is 0 Å². The third-order valence-electron chi connectivity index (χ3n) is 3.99. The van der Waals surface area contributed by atoms with Crippen LogP contribution in [0.3, 0.4) is 0 Å². The second-order valence-electron chi connectivity index (χ2n) is 5.77. The summed E-state index contributed by atoms with van der Waals surface area (Å²) in [7, 11) is 0. The SMILES string of the molecule is CC1(Cn2cc(I)c3cc[nH]c(=O)c32)CCCNC1. The van der Waals surface area contributed by atoms with E-state index in [0.29, 0.717) is 0 Å². The molecule has 4 nitrogen and oxygen atoms in total. The summed E-state index contributed by atoms with van der Waals surface area (Å²) in [5.74, 6) is 0. The third-order valence-corrected chi connectivity index (χ3v) is 4.85. The lowest BCUT2D eigenvalue weighted by Crippen LogP contribution is -2.40. The van der Waals surface area contributed by atoms with Gasteiger partial charge in [-0.1, -0.05) is 6.92 Å². The zero-order chi connectivity index (χ0) is 13.5. The summed E-state index contributed by atoms with van der Waals surface area (Å²) in [5.41, 5.74) is 1.04. The van der Waals surface area contributed by atoms with E-state index in [1.54, 1.807) is 6.20 Å². The summed E-state index contributed by atoms with van der Waals surface area (Å²) in [6, 6.07) is 1.98. The highest BCUT2D eigenvalue weighted by atomic mass is 127. The minimum absolute atomic E-state index is 0.00721. The molecule has 3 rings (SSSR count). The van der Waals surface area contributed by atoms with E-state index in [1.807, 2.05) is 6.07 Å². The standard InChI is InChI=1S/C14H18IN3O/c1-14(4-2-5-16-8-14)9-18-7-11(15)10-3-6-17-13(19)12(10)18/h3,6-7,16H,2,4-5,8-9H2,1H3,(H,17,19). The second kappa shape index (κ2) is 4.94. The molecule has 2 aromatic rings. The van der Waals surface area contributed by atoms with Crippen molar-refractivity contribution in [1.82, 2.24) is 14.9 Å². The quantitative estimate of drug-likeness (QED) is 0.797. The van der Waals surface area contributed by atoms with Crippen LogP contribution in [-0.4, -0.2) is 22.6 Å². The lowest BCUT2D eigenvalue weighted by molar-refractivity contribution is 0.204. The fraction of sp³-hybridized carbons (Fsp3) is 0.500. The molecule has 1 aliphatic rings. The fourth-order valence-electron chi connectivity index (χ4n) is 3.01. The molecule has 5 heteroatoms. The van der Waals surface area contributed by atoms with Crippen LogP contribution >= 0.6 is 22.6 Å². The monoisotopic (exact) mass is 371 g/mol. The number of aromatic amines is 1. The maximum atomic E-state index is 12.1. The van der Waals surface area contributed by atoms with Crippen LogP contribution in [0.2, 0.25) is 0 Å². The van der Waals surface area contributed by atoms with E-state index in [-0.39, 0.29) is 11.0 Å². The van der Waals surface area contributed by atoms with Crippen molar-refractivity contribution in [2.45, 2.75) is 26.3 Å². The number of hydrogen-bond donors (Lipinski definition) is 2. The zero-order valence-electron chi connectivity index (χ0n) is 11.0. The average Bonchev–Trinajstić information content (AvgIpc) is 2.68. The van der Waals surface area contributed by atoms with E-state index >= 15 is 0 Å². The van der Waals surface area contributed by atoms with Crippen LogP contribution in [-0.2, 0) is 6.54 Å². The van der Waals surface area contributed by atoms with Crippen molar-refractivity contribution in [1.29, 1.82) is 0 Å². The molecule has 19 heavy (non-hydrogen) atoms. The highest BCUT2D eigenvalue weighted by Crippen LogP contribution is 2.30. The van der Waals surface area contributed by atoms with Gasteiger partial charge in [0.05, 0.1) is 0 Å². The Bertz CT molecular complexity index is 652. The summed E-state index contributed by atoms with van der Waals surface area (Å²) >= 11 is 2.31. The van der Waals surface area contributed by atoms with Gasteiger partial charge in [0.1, 0.15) is 5.52 Å². The van der Waals surface area contributed by atoms with Crippen molar-refractivity contribution in [3.63, 3.8) is 0 Å². The molecule has 0 aromatic carbocycles. The molecule has 2 N–H and O–H groups in total. The second-order valence-corrected chi connectivity index (χ2v) is 6.93. The van der Waals surface area contributed by atoms with Gasteiger partial charge in [-0.2, -0.15) is 0 Å². The number of fused-ring (bicyclic) bond motifs is 1. The maximum absolute atomic E-state index is 12.1. The number of nitrogens with zero attached hydrogens (tertiary/aromatic N) is 1. The van der Waals surface area contributed by atoms with Crippen molar-refractivity contribution >= 4 is 33.5 Å². The van der Waals surface area contributed by atoms with E-state index < -0.39 is 0 Å². The highest BCUT2D eigenvalue weighted by molar-refractivity contribution is 14.1. The van der Waals surface area contributed by atoms with Gasteiger partial charge in [-0.05, 0) is 53.5 Å². The molecule has 1 saturated heterocycles. The van der Waals surface area contributed by atoms with E-state index in [2.05, 4.69) is 50.6 Å². The van der Waals surface area contributed by atoms with E-state index in [0.717, 1.165) is 34.1 Å². The predicted octanol–water partition coefficient (Wildman–Crippen LogP) is 2.32. The Balaban J connectivity index is 2.03. The Morgan fingerprint density at radius 3 is 3.11 bits per heavy atom. The Labute approximate surface area is 125 Å². The summed E-state index contributed by atoms with van der Waals surface area (Å²) in [4.78, 5) is 14.8. The van der Waals surface area contributed by atoms with Crippen molar-refractivity contribution in [3.05, 3.63) is 32.4 Å². The molecule has 0 spiro atoms. The van der Waals surface area contributed by atoms with E-state index in [1.165, 1.54) is 12.8 Å². The number of piperidine rings is 1. The molecule has 0 bridgehead atoms. The first-order chi connectivity index (χ1) is 9.09. The molecule has 0 aliphatic carbocycles. The molecular weight excluding hydrogens is 353 g/mol. The Hall–Kier alpha value is -0.820. The van der Waals surface area contributed by atoms with Gasteiger partial charge in [0, 0.05) is 34.4 Å². The molecule has 1 fully saturated rings. The van der Waals surface area contributed by atoms with E-state index in [4.69, 9.17) is 0 Å². The van der Waals surface area contributed by atoms with Gasteiger partial charge in [-0.3, -0.25) is 4.79 Å². The van der Waals surface area contributed by atoms with Crippen molar-refractivity contribution in [2.75, 3.05) is 13.1 Å². The number of pyridine rings is 1. The number of rotatable bonds is 2. The molecule has 102 valence electrons. The largest absolute Gasteiger partial charge is 0.341 e. The van der Waals surface area contributed by atoms with Gasteiger partial charge in [-0.25, -0.2) is 0 Å². The minimum Gasteiger partial charge on any atom is -0.341 e. The van der Waals surface area contributed by atoms with Gasteiger partial charge >= 0.3 is 0 Å². The third kappa shape index (κ3) is 2.45. The number of halogens is 1. The lowest BCUT2D eigenvalue weighted by atomic mass is 9.82. The zero-order valence-corrected chi connectivity index (χ0v) is 13.2. The Morgan fingerprint density at radius 1 is 1.53 bits per heavy atom. The smallest absolute Gasteiger partial charge is 0.272 e. The topological polar surface area (TPSA) is 49.8 Å². The van der Waals surface area contributed by atoms with E-state index in [9.17, 15) is 4.79 Å². The van der Waals surface area contributed by atoms with Gasteiger partial charge < -0.3 is 14.9 Å². The Morgan fingerprint density at radius 2 is 2.37 bits per heavy atom. The van der Waals surface area contributed by atoms with Gasteiger partial charge in [0.15, 0.2) is 0 Å². The number of aromatic nitrogens is 2. The van der Waals surface area contributed by atoms with Gasteiger partial charge in [0.2, 0.25) is 0 Å². The number of nitrogens with one attached hydrogen (secondary N) is 2. The number of hydrogen-bond acceptors (Lipinski definition) is 2. The van der Waals surface area contributed by atoms with Crippen molar-refractivity contribution in [3.8, 4) is 0 Å². The van der Waals surface area contributed by atoms with Crippen LogP contribution < -0.4 is 10.9 Å². The highest BCUT2D eigenvalue weighted by Gasteiger charge is 2.28. The van der Waals surface area contributed by atoms with Crippen LogP contribution in [0.4, 0.5) is 0 Å². The van der Waals surface area contributed by atoms with Gasteiger partial charge in [-0.15, -0.1) is 0 Å². The van der Waals surface area contributed by atoms with Crippen LogP contribution in [0.15, 0.2) is 23.3 Å². The van der Waals surface area contributed by atoms with Crippen molar-refractivity contribution in [2.24, 2.45) is 5.41 Å². The molecule has 1 atom stereocenters. The normalized spacial score (nSPS) is 23.9. The first-order valence-electron chi connectivity index (χ1n) is 6.66. The molecular formula is C14H18IN3O. The summed E-state index contributed by atoms with van der Waals surface area (Å²) in [6.07, 6.45) is 6.24. The maximum Gasteiger partial charge on any atom is 0.272 e. The minimum atomic E-state index is 0.00721. The predicted molar refractivity (Wildman–Crippen MR) is 85.5 cm³/mol. The van der Waals surface area contributed by atoms with Gasteiger partial charge in [0.25, 0.3) is 5.56 Å². The lowest BCUT2D eigenvalue weighted by Gasteiger charge is -2.34. The molecule has 0 amide bonds. The Kier molecular flexibility index (Phi) is 3.42. The fourth-order valence-corrected chi connectivity index (χ4v) is 3.78. The van der Waals surface area contributed by atoms with Crippen LogP contribution in [0, 0.1) is 8.99 Å². The van der Waals surface area contributed by atoms with Crippen LogP contribution in [0.5, 0.6) is 0 Å². The first-order valence-corrected chi connectivity index (χ1v) is 7.74. The number of H-pyrrole nitrogens is 1. The molecule has 1 aliphatic heterocycles. The van der Waals surface area contributed by atoms with Crippen LogP contribution in [0.25, 0.3) is 10.9 Å². The summed E-state index contributed by atoms with van der Waals surface area (Å²) in [6.45, 7) is 5.33. The summed E-state index contributed by atoms with van der Waals surface area (Å²) < 4.78 is 3.27. The van der Waals surface area contributed by atoms with Crippen LogP contribution in [0.1, 0.15) is 19.8 Å². The average molecular weight is 371 g/mol. The molecule has 0 radical (unpaired) electrons. The first kappa shape index (κ1) is 13.2. The molecule has 3 heterocycles. The molecule has 1 unspecified atom stereocenters. The molecule has 2 aromatic heterocycles. The molecule has 0 saturated carbocycles.